The molecule has 144 valence electrons. The van der Waals surface area contributed by atoms with Crippen molar-refractivity contribution in [2.24, 2.45) is 0 Å². The van der Waals surface area contributed by atoms with Crippen molar-refractivity contribution in [3.05, 3.63) is 71.8 Å². The van der Waals surface area contributed by atoms with Crippen molar-refractivity contribution >= 4 is 12.0 Å². The van der Waals surface area contributed by atoms with Crippen LogP contribution in [0.25, 0.3) is 0 Å². The smallest absolute Gasteiger partial charge is 0.315 e. The van der Waals surface area contributed by atoms with E-state index in [9.17, 15) is 14.7 Å². The number of hydrogen-bond acceptors (Lipinski definition) is 3. The Bertz CT molecular complexity index is 707. The number of hydrogen-bond donors (Lipinski definition) is 4. The van der Waals surface area contributed by atoms with Crippen molar-refractivity contribution in [2.75, 3.05) is 13.2 Å². The molecule has 0 saturated heterocycles. The molecule has 2 atom stereocenters. The zero-order valence-electron chi connectivity index (χ0n) is 15.2. The molecule has 2 aromatic carbocycles. The fraction of sp³-hybridized carbons (Fsp3) is 0.333. The second-order valence-corrected chi connectivity index (χ2v) is 6.46. The van der Waals surface area contributed by atoms with Gasteiger partial charge in [-0.1, -0.05) is 60.7 Å². The summed E-state index contributed by atoms with van der Waals surface area (Å²) in [7, 11) is 0. The van der Waals surface area contributed by atoms with Crippen LogP contribution < -0.4 is 10.6 Å². The van der Waals surface area contributed by atoms with Crippen LogP contribution >= 0.6 is 0 Å². The van der Waals surface area contributed by atoms with Gasteiger partial charge in [0.15, 0.2) is 0 Å². The van der Waals surface area contributed by atoms with Gasteiger partial charge in [-0.15, -0.1) is 0 Å². The Balaban J connectivity index is 1.90. The Hall–Kier alpha value is -2.86. The Kier molecular flexibility index (Phi) is 8.32. The molecule has 0 radical (unpaired) electrons. The maximum absolute atomic E-state index is 12.3. The Morgan fingerprint density at radius 1 is 0.963 bits per heavy atom. The molecule has 4 N–H and O–H groups in total. The Labute approximate surface area is 159 Å². The molecule has 0 spiro atoms. The normalized spacial score (nSPS) is 12.8. The van der Waals surface area contributed by atoms with Crippen LogP contribution in [0.3, 0.4) is 0 Å². The SMILES string of the molecule is O=C(O)CCC(Cc1ccccc1)NC(=O)NCC(CO)c1ccccc1. The van der Waals surface area contributed by atoms with E-state index in [0.717, 1.165) is 11.1 Å². The van der Waals surface area contributed by atoms with Gasteiger partial charge in [-0.25, -0.2) is 4.79 Å². The van der Waals surface area contributed by atoms with E-state index >= 15 is 0 Å². The third-order valence-electron chi connectivity index (χ3n) is 4.37. The zero-order chi connectivity index (χ0) is 19.5. The molecule has 0 aromatic heterocycles. The van der Waals surface area contributed by atoms with Crippen LogP contribution in [-0.4, -0.2) is 41.4 Å². The van der Waals surface area contributed by atoms with Crippen LogP contribution in [0.1, 0.15) is 29.9 Å². The molecule has 2 amide bonds. The molecule has 2 rings (SSSR count). The third kappa shape index (κ3) is 7.50. The van der Waals surface area contributed by atoms with E-state index in [1.807, 2.05) is 60.7 Å². The Morgan fingerprint density at radius 3 is 2.19 bits per heavy atom. The van der Waals surface area contributed by atoms with E-state index in [2.05, 4.69) is 10.6 Å². The molecular weight excluding hydrogens is 344 g/mol. The molecule has 0 aliphatic carbocycles. The number of carboxylic acids is 1. The van der Waals surface area contributed by atoms with Gasteiger partial charge in [-0.05, 0) is 24.0 Å². The zero-order valence-corrected chi connectivity index (χ0v) is 15.2. The van der Waals surface area contributed by atoms with Gasteiger partial charge in [0, 0.05) is 24.9 Å². The first-order chi connectivity index (χ1) is 13.1. The summed E-state index contributed by atoms with van der Waals surface area (Å²) in [5.74, 6) is -1.08. The first kappa shape index (κ1) is 20.5. The maximum Gasteiger partial charge on any atom is 0.315 e. The van der Waals surface area contributed by atoms with Crippen LogP contribution in [-0.2, 0) is 11.2 Å². The van der Waals surface area contributed by atoms with Gasteiger partial charge in [-0.3, -0.25) is 4.79 Å². The van der Waals surface area contributed by atoms with E-state index in [1.54, 1.807) is 0 Å². The monoisotopic (exact) mass is 370 g/mol. The van der Waals surface area contributed by atoms with Gasteiger partial charge >= 0.3 is 12.0 Å². The first-order valence-corrected chi connectivity index (χ1v) is 9.04. The molecule has 2 unspecified atom stereocenters. The standard InChI is InChI=1S/C21H26N2O4/c24-15-18(17-9-5-2-6-10-17)14-22-21(27)23-19(11-12-20(25)26)13-16-7-3-1-4-8-16/h1-10,18-19,24H,11-15H2,(H,25,26)(H2,22,23,27). The lowest BCUT2D eigenvalue weighted by Crippen LogP contribution is -2.44. The number of carbonyl (C=O) groups is 2. The fourth-order valence-electron chi connectivity index (χ4n) is 2.89. The van der Waals surface area contributed by atoms with E-state index in [-0.39, 0.29) is 31.0 Å². The second-order valence-electron chi connectivity index (χ2n) is 6.46. The molecule has 0 bridgehead atoms. The van der Waals surface area contributed by atoms with Crippen molar-refractivity contribution in [3.63, 3.8) is 0 Å². The summed E-state index contributed by atoms with van der Waals surface area (Å²) in [6, 6.07) is 18.5. The predicted octanol–water partition coefficient (Wildman–Crippen LogP) is 2.54. The molecule has 0 aliphatic rings. The molecule has 2 aromatic rings. The molecule has 0 fully saturated rings. The fourth-order valence-corrected chi connectivity index (χ4v) is 2.89. The first-order valence-electron chi connectivity index (χ1n) is 9.04. The second kappa shape index (κ2) is 11.0. The highest BCUT2D eigenvalue weighted by atomic mass is 16.4. The lowest BCUT2D eigenvalue weighted by atomic mass is 10.00. The van der Waals surface area contributed by atoms with Crippen molar-refractivity contribution < 1.29 is 19.8 Å². The molecule has 27 heavy (non-hydrogen) atoms. The van der Waals surface area contributed by atoms with Gasteiger partial charge in [0.05, 0.1) is 6.61 Å². The summed E-state index contributed by atoms with van der Waals surface area (Å²) in [4.78, 5) is 23.2. The number of nitrogens with one attached hydrogen (secondary N) is 2. The predicted molar refractivity (Wildman–Crippen MR) is 104 cm³/mol. The number of carbonyl (C=O) groups excluding carboxylic acids is 1. The van der Waals surface area contributed by atoms with Gasteiger partial charge in [0.2, 0.25) is 0 Å². The van der Waals surface area contributed by atoms with Crippen molar-refractivity contribution in [2.45, 2.75) is 31.2 Å². The van der Waals surface area contributed by atoms with Crippen molar-refractivity contribution in [1.29, 1.82) is 0 Å². The number of benzene rings is 2. The summed E-state index contributed by atoms with van der Waals surface area (Å²) >= 11 is 0. The molecule has 0 saturated carbocycles. The number of rotatable bonds is 10. The lowest BCUT2D eigenvalue weighted by Gasteiger charge is -2.20. The number of aliphatic hydroxyl groups excluding tert-OH is 1. The molecule has 0 heterocycles. The number of aliphatic carboxylic acids is 1. The summed E-state index contributed by atoms with van der Waals surface area (Å²) in [6.45, 7) is 0.222. The molecule has 6 nitrogen and oxygen atoms in total. The highest BCUT2D eigenvalue weighted by Gasteiger charge is 2.16. The van der Waals surface area contributed by atoms with Crippen LogP contribution in [0.4, 0.5) is 4.79 Å². The van der Waals surface area contributed by atoms with Crippen LogP contribution in [0.15, 0.2) is 60.7 Å². The van der Waals surface area contributed by atoms with Gasteiger partial charge in [0.1, 0.15) is 0 Å². The minimum Gasteiger partial charge on any atom is -0.481 e. The number of amides is 2. The molecular formula is C21H26N2O4. The summed E-state index contributed by atoms with van der Waals surface area (Å²) < 4.78 is 0. The number of aliphatic hydroxyl groups is 1. The van der Waals surface area contributed by atoms with E-state index in [4.69, 9.17) is 5.11 Å². The summed E-state index contributed by atoms with van der Waals surface area (Å²) in [5, 5.41) is 24.2. The van der Waals surface area contributed by atoms with Gasteiger partial charge in [-0.2, -0.15) is 0 Å². The van der Waals surface area contributed by atoms with E-state index in [0.29, 0.717) is 19.4 Å². The van der Waals surface area contributed by atoms with Crippen LogP contribution in [0, 0.1) is 0 Å². The summed E-state index contributed by atoms with van der Waals surface area (Å²) in [5.41, 5.74) is 1.98. The minimum absolute atomic E-state index is 0.0128. The average Bonchev–Trinajstić information content (AvgIpc) is 2.68. The van der Waals surface area contributed by atoms with Crippen LogP contribution in [0.2, 0.25) is 0 Å². The molecule has 0 aliphatic heterocycles. The largest absolute Gasteiger partial charge is 0.481 e. The Morgan fingerprint density at radius 2 is 1.59 bits per heavy atom. The van der Waals surface area contributed by atoms with E-state index in [1.165, 1.54) is 0 Å². The van der Waals surface area contributed by atoms with Crippen molar-refractivity contribution in [3.8, 4) is 0 Å². The van der Waals surface area contributed by atoms with Crippen molar-refractivity contribution in [1.82, 2.24) is 10.6 Å². The van der Waals surface area contributed by atoms with Crippen LogP contribution in [0.5, 0.6) is 0 Å². The molecule has 6 heteroatoms. The topological polar surface area (TPSA) is 98.7 Å². The third-order valence-corrected chi connectivity index (χ3v) is 4.37. The van der Waals surface area contributed by atoms with Gasteiger partial charge in [0.25, 0.3) is 0 Å². The number of carboxylic acid groups (broad SMARTS) is 1. The summed E-state index contributed by atoms with van der Waals surface area (Å²) in [6.07, 6.45) is 0.893. The minimum atomic E-state index is -0.889. The van der Waals surface area contributed by atoms with E-state index < -0.39 is 5.97 Å². The highest BCUT2D eigenvalue weighted by Crippen LogP contribution is 2.13. The number of urea groups is 1. The van der Waals surface area contributed by atoms with Gasteiger partial charge < -0.3 is 20.8 Å². The average molecular weight is 370 g/mol. The lowest BCUT2D eigenvalue weighted by molar-refractivity contribution is -0.137. The highest BCUT2D eigenvalue weighted by molar-refractivity contribution is 5.74. The quantitative estimate of drug-likeness (QED) is 0.516. The maximum atomic E-state index is 12.3.